The second kappa shape index (κ2) is 17.0. The fraction of sp³-hybridized carbons (Fsp3) is 0.789. The van der Waals surface area contributed by atoms with Gasteiger partial charge in [0.15, 0.2) is 0 Å². The zero-order chi connectivity index (χ0) is 21.2. The number of carbonyl (C=O) groups is 4. The molecule has 0 aromatic heterocycles. The van der Waals surface area contributed by atoms with E-state index in [0.29, 0.717) is 51.9 Å². The summed E-state index contributed by atoms with van der Waals surface area (Å²) in [5.41, 5.74) is 5.26. The fourth-order valence-corrected chi connectivity index (χ4v) is 2.70. The SMILES string of the molecule is CC(=O)NCCCCCCN(CCNC(=O)CN)C(=O)CCCCCC(=O)O. The van der Waals surface area contributed by atoms with Gasteiger partial charge in [-0.1, -0.05) is 19.3 Å². The van der Waals surface area contributed by atoms with E-state index in [2.05, 4.69) is 10.6 Å². The number of hydrogen-bond acceptors (Lipinski definition) is 5. The lowest BCUT2D eigenvalue weighted by atomic mass is 10.1. The largest absolute Gasteiger partial charge is 0.481 e. The van der Waals surface area contributed by atoms with Crippen molar-refractivity contribution in [3.8, 4) is 0 Å². The number of nitrogens with one attached hydrogen (secondary N) is 2. The third-order valence-electron chi connectivity index (χ3n) is 4.25. The Labute approximate surface area is 167 Å². The monoisotopic (exact) mass is 400 g/mol. The summed E-state index contributed by atoms with van der Waals surface area (Å²) in [6, 6.07) is 0. The van der Waals surface area contributed by atoms with Gasteiger partial charge < -0.3 is 26.4 Å². The first-order chi connectivity index (χ1) is 13.4. The van der Waals surface area contributed by atoms with E-state index in [1.54, 1.807) is 4.90 Å². The molecule has 0 saturated carbocycles. The van der Waals surface area contributed by atoms with Gasteiger partial charge >= 0.3 is 5.97 Å². The van der Waals surface area contributed by atoms with E-state index in [1.807, 2.05) is 0 Å². The Kier molecular flexibility index (Phi) is 15.7. The molecule has 0 unspecified atom stereocenters. The van der Waals surface area contributed by atoms with Crippen molar-refractivity contribution in [3.05, 3.63) is 0 Å². The lowest BCUT2D eigenvalue weighted by molar-refractivity contribution is -0.137. The zero-order valence-electron chi connectivity index (χ0n) is 17.0. The predicted molar refractivity (Wildman–Crippen MR) is 107 cm³/mol. The maximum absolute atomic E-state index is 12.5. The molecular formula is C19H36N4O5. The zero-order valence-corrected chi connectivity index (χ0v) is 17.0. The molecule has 0 saturated heterocycles. The van der Waals surface area contributed by atoms with Crippen LogP contribution in [0.2, 0.25) is 0 Å². The highest BCUT2D eigenvalue weighted by Gasteiger charge is 2.13. The van der Waals surface area contributed by atoms with Crippen LogP contribution in [-0.4, -0.2) is 66.4 Å². The molecule has 0 bridgehead atoms. The van der Waals surface area contributed by atoms with E-state index in [4.69, 9.17) is 10.8 Å². The minimum Gasteiger partial charge on any atom is -0.481 e. The molecule has 3 amide bonds. The molecule has 0 atom stereocenters. The summed E-state index contributed by atoms with van der Waals surface area (Å²) in [5.74, 6) is -1.07. The Hall–Kier alpha value is -2.16. The summed E-state index contributed by atoms with van der Waals surface area (Å²) < 4.78 is 0. The lowest BCUT2D eigenvalue weighted by Gasteiger charge is -2.23. The topological polar surface area (TPSA) is 142 Å². The number of nitrogens with two attached hydrogens (primary N) is 1. The quantitative estimate of drug-likeness (QED) is 0.264. The maximum Gasteiger partial charge on any atom is 0.303 e. The molecule has 0 fully saturated rings. The summed E-state index contributed by atoms with van der Waals surface area (Å²) >= 11 is 0. The van der Waals surface area contributed by atoms with Crippen molar-refractivity contribution >= 4 is 23.7 Å². The van der Waals surface area contributed by atoms with Gasteiger partial charge in [-0.25, -0.2) is 0 Å². The molecule has 9 heteroatoms. The van der Waals surface area contributed by atoms with E-state index >= 15 is 0 Å². The van der Waals surface area contributed by atoms with Gasteiger partial charge in [-0.05, 0) is 25.7 Å². The lowest BCUT2D eigenvalue weighted by Crippen LogP contribution is -2.40. The third kappa shape index (κ3) is 16.0. The van der Waals surface area contributed by atoms with Crippen LogP contribution in [0.25, 0.3) is 0 Å². The van der Waals surface area contributed by atoms with Crippen LogP contribution in [0.1, 0.15) is 64.7 Å². The normalized spacial score (nSPS) is 10.4. The number of carboxylic acid groups (broad SMARTS) is 1. The second-order valence-electron chi connectivity index (χ2n) is 6.79. The fourth-order valence-electron chi connectivity index (χ4n) is 2.70. The van der Waals surface area contributed by atoms with Crippen molar-refractivity contribution in [1.82, 2.24) is 15.5 Å². The number of hydrogen-bond donors (Lipinski definition) is 4. The summed E-state index contributed by atoms with van der Waals surface area (Å²) in [4.78, 5) is 46.8. The molecule has 28 heavy (non-hydrogen) atoms. The molecular weight excluding hydrogens is 364 g/mol. The second-order valence-corrected chi connectivity index (χ2v) is 6.79. The Morgan fingerprint density at radius 1 is 0.821 bits per heavy atom. The summed E-state index contributed by atoms with van der Waals surface area (Å²) in [7, 11) is 0. The Morgan fingerprint density at radius 3 is 2.11 bits per heavy atom. The van der Waals surface area contributed by atoms with Crippen molar-refractivity contribution in [3.63, 3.8) is 0 Å². The van der Waals surface area contributed by atoms with Crippen LogP contribution in [0.15, 0.2) is 0 Å². The number of carbonyl (C=O) groups excluding carboxylic acids is 3. The summed E-state index contributed by atoms with van der Waals surface area (Å²) in [6.45, 7) is 3.50. The van der Waals surface area contributed by atoms with Crippen LogP contribution in [0.3, 0.4) is 0 Å². The van der Waals surface area contributed by atoms with Crippen LogP contribution in [-0.2, 0) is 19.2 Å². The summed E-state index contributed by atoms with van der Waals surface area (Å²) in [6.07, 6.45) is 6.14. The molecule has 0 heterocycles. The van der Waals surface area contributed by atoms with Gasteiger partial charge in [-0.3, -0.25) is 19.2 Å². The molecule has 9 nitrogen and oxygen atoms in total. The first-order valence-corrected chi connectivity index (χ1v) is 10.1. The molecule has 0 aromatic rings. The molecule has 0 aliphatic heterocycles. The van der Waals surface area contributed by atoms with Crippen LogP contribution in [0, 0.1) is 0 Å². The van der Waals surface area contributed by atoms with Gasteiger partial charge in [0.25, 0.3) is 0 Å². The Balaban J connectivity index is 4.17. The molecule has 0 radical (unpaired) electrons. The van der Waals surface area contributed by atoms with E-state index < -0.39 is 5.97 Å². The molecule has 0 aromatic carbocycles. The molecule has 0 aliphatic carbocycles. The molecule has 162 valence electrons. The molecule has 0 aliphatic rings. The standard InChI is InChI=1S/C19H36N4O5/c1-16(24)21-11-7-2-3-8-13-23(14-12-22-17(25)15-20)18(26)9-5-4-6-10-19(27)28/h2-15,20H2,1H3,(H,21,24)(H,22,25)(H,27,28). The van der Waals surface area contributed by atoms with Gasteiger partial charge in [0, 0.05) is 45.9 Å². The Morgan fingerprint density at radius 2 is 1.46 bits per heavy atom. The number of unbranched alkanes of at least 4 members (excludes halogenated alkanes) is 5. The van der Waals surface area contributed by atoms with E-state index in [0.717, 1.165) is 25.7 Å². The summed E-state index contributed by atoms with van der Waals surface area (Å²) in [5, 5.41) is 14.1. The van der Waals surface area contributed by atoms with Crippen LogP contribution >= 0.6 is 0 Å². The van der Waals surface area contributed by atoms with Gasteiger partial charge in [0.2, 0.25) is 17.7 Å². The van der Waals surface area contributed by atoms with Crippen molar-refractivity contribution in [2.45, 2.75) is 64.7 Å². The smallest absolute Gasteiger partial charge is 0.303 e. The van der Waals surface area contributed by atoms with Gasteiger partial charge in [-0.2, -0.15) is 0 Å². The highest BCUT2D eigenvalue weighted by atomic mass is 16.4. The number of amides is 3. The van der Waals surface area contributed by atoms with Gasteiger partial charge in [0.1, 0.15) is 0 Å². The van der Waals surface area contributed by atoms with Crippen molar-refractivity contribution < 1.29 is 24.3 Å². The molecule has 0 rings (SSSR count). The first-order valence-electron chi connectivity index (χ1n) is 10.1. The van der Waals surface area contributed by atoms with Crippen LogP contribution in [0.5, 0.6) is 0 Å². The number of carboxylic acids is 1. The molecule has 5 N–H and O–H groups in total. The third-order valence-corrected chi connectivity index (χ3v) is 4.25. The number of aliphatic carboxylic acids is 1. The minimum absolute atomic E-state index is 0.0237. The minimum atomic E-state index is -0.817. The number of nitrogens with zero attached hydrogens (tertiary/aromatic N) is 1. The van der Waals surface area contributed by atoms with Crippen molar-refractivity contribution in [2.24, 2.45) is 5.73 Å². The average molecular weight is 401 g/mol. The predicted octanol–water partition coefficient (Wildman–Crippen LogP) is 0.622. The van der Waals surface area contributed by atoms with E-state index in [1.165, 1.54) is 6.92 Å². The van der Waals surface area contributed by atoms with E-state index in [9.17, 15) is 19.2 Å². The van der Waals surface area contributed by atoms with Crippen LogP contribution < -0.4 is 16.4 Å². The van der Waals surface area contributed by atoms with E-state index in [-0.39, 0.29) is 30.7 Å². The van der Waals surface area contributed by atoms with Crippen molar-refractivity contribution in [1.29, 1.82) is 0 Å². The highest BCUT2D eigenvalue weighted by molar-refractivity contribution is 5.78. The first kappa shape index (κ1) is 25.8. The average Bonchev–Trinajstić information content (AvgIpc) is 2.64. The van der Waals surface area contributed by atoms with Gasteiger partial charge in [-0.15, -0.1) is 0 Å². The maximum atomic E-state index is 12.5. The number of rotatable bonds is 17. The highest BCUT2D eigenvalue weighted by Crippen LogP contribution is 2.08. The molecule has 0 spiro atoms. The van der Waals surface area contributed by atoms with Gasteiger partial charge in [0.05, 0.1) is 6.54 Å². The Bertz CT molecular complexity index is 485. The van der Waals surface area contributed by atoms with Crippen LogP contribution in [0.4, 0.5) is 0 Å². The van der Waals surface area contributed by atoms with Crippen molar-refractivity contribution in [2.75, 3.05) is 32.7 Å².